The van der Waals surface area contributed by atoms with Crippen molar-refractivity contribution in [3.8, 4) is 5.75 Å². The lowest BCUT2D eigenvalue weighted by atomic mass is 10.3. The number of benzene rings is 1. The number of hydrogen-bond acceptors (Lipinski definition) is 2. The number of hydrogen-bond donors (Lipinski definition) is 2. The monoisotopic (exact) mass is 234 g/mol. The number of phenolic OH excluding ortho intramolecular Hbond substituents is 1. The molecule has 0 heterocycles. The number of urea groups is 1. The SMILES string of the molecule is CN(C(=O)NC(F)(F)F)c1ccc(O)cc1. The number of carbonyl (C=O) groups excluding carboxylic acids is 1. The molecular formula is C9H9F3N2O2. The molecule has 88 valence electrons. The second-order valence-corrected chi connectivity index (χ2v) is 3.00. The van der Waals surface area contributed by atoms with Crippen LogP contribution in [0, 0.1) is 0 Å². The lowest BCUT2D eigenvalue weighted by Crippen LogP contribution is -2.45. The van der Waals surface area contributed by atoms with Gasteiger partial charge in [0.2, 0.25) is 0 Å². The van der Waals surface area contributed by atoms with Crippen molar-refractivity contribution < 1.29 is 23.1 Å². The summed E-state index contributed by atoms with van der Waals surface area (Å²) < 4.78 is 35.5. The molecule has 0 atom stereocenters. The molecule has 4 nitrogen and oxygen atoms in total. The van der Waals surface area contributed by atoms with Gasteiger partial charge in [-0.2, -0.15) is 13.2 Å². The minimum atomic E-state index is -4.76. The Morgan fingerprint density at radius 2 is 1.81 bits per heavy atom. The minimum absolute atomic E-state index is 0.0339. The zero-order valence-corrected chi connectivity index (χ0v) is 8.25. The summed E-state index contributed by atoms with van der Waals surface area (Å²) in [7, 11) is 1.19. The Morgan fingerprint density at radius 3 is 2.25 bits per heavy atom. The largest absolute Gasteiger partial charge is 0.508 e. The second-order valence-electron chi connectivity index (χ2n) is 3.00. The molecule has 0 unspecified atom stereocenters. The van der Waals surface area contributed by atoms with Gasteiger partial charge in [0.05, 0.1) is 0 Å². The number of aromatic hydroxyl groups is 1. The highest BCUT2D eigenvalue weighted by molar-refractivity contribution is 5.91. The van der Waals surface area contributed by atoms with Crippen molar-refractivity contribution in [2.45, 2.75) is 6.30 Å². The normalized spacial score (nSPS) is 11.0. The molecule has 2 N–H and O–H groups in total. The standard InChI is InChI=1S/C9H9F3N2O2/c1-14(8(16)13-9(10,11)12)6-2-4-7(15)5-3-6/h2-5,15H,1H3,(H,13,16). The molecule has 0 radical (unpaired) electrons. The number of phenols is 1. The van der Waals surface area contributed by atoms with Crippen LogP contribution in [0.4, 0.5) is 23.7 Å². The van der Waals surface area contributed by atoms with Crippen LogP contribution in [0.15, 0.2) is 24.3 Å². The maximum absolute atomic E-state index is 11.8. The van der Waals surface area contributed by atoms with E-state index in [1.807, 2.05) is 0 Å². The zero-order valence-electron chi connectivity index (χ0n) is 8.25. The van der Waals surface area contributed by atoms with E-state index in [4.69, 9.17) is 5.11 Å². The molecule has 0 bridgehead atoms. The van der Waals surface area contributed by atoms with Crippen molar-refractivity contribution in [1.82, 2.24) is 5.32 Å². The molecule has 16 heavy (non-hydrogen) atoms. The fourth-order valence-electron chi connectivity index (χ4n) is 0.999. The highest BCUT2D eigenvalue weighted by Gasteiger charge is 2.31. The Kier molecular flexibility index (Phi) is 3.26. The first-order chi connectivity index (χ1) is 7.29. The summed E-state index contributed by atoms with van der Waals surface area (Å²) in [5, 5.41) is 9.82. The lowest BCUT2D eigenvalue weighted by Gasteiger charge is -2.19. The van der Waals surface area contributed by atoms with Crippen molar-refractivity contribution >= 4 is 11.7 Å². The number of amides is 2. The smallest absolute Gasteiger partial charge is 0.485 e. The summed E-state index contributed by atoms with van der Waals surface area (Å²) in [6.07, 6.45) is -4.76. The summed E-state index contributed by atoms with van der Waals surface area (Å²) in [6, 6.07) is 3.90. The Balaban J connectivity index is 2.74. The molecule has 1 aromatic carbocycles. The highest BCUT2D eigenvalue weighted by atomic mass is 19.4. The number of nitrogens with one attached hydrogen (secondary N) is 1. The summed E-state index contributed by atoms with van der Waals surface area (Å²) in [5.41, 5.74) is 0.236. The number of rotatable bonds is 1. The average Bonchev–Trinajstić information content (AvgIpc) is 2.15. The van der Waals surface area contributed by atoms with Gasteiger partial charge in [-0.15, -0.1) is 0 Å². The van der Waals surface area contributed by atoms with E-state index in [-0.39, 0.29) is 11.4 Å². The number of nitrogens with zero attached hydrogens (tertiary/aromatic N) is 1. The van der Waals surface area contributed by atoms with Gasteiger partial charge in [0, 0.05) is 12.7 Å². The fraction of sp³-hybridized carbons (Fsp3) is 0.222. The van der Waals surface area contributed by atoms with Gasteiger partial charge in [0.25, 0.3) is 0 Å². The molecule has 0 aromatic heterocycles. The Bertz CT molecular complexity index is 375. The van der Waals surface area contributed by atoms with Gasteiger partial charge >= 0.3 is 12.3 Å². The molecule has 0 aliphatic carbocycles. The average molecular weight is 234 g/mol. The van der Waals surface area contributed by atoms with E-state index in [0.717, 1.165) is 10.2 Å². The summed E-state index contributed by atoms with van der Waals surface area (Å²) >= 11 is 0. The number of carbonyl (C=O) groups is 1. The molecule has 0 saturated heterocycles. The van der Waals surface area contributed by atoms with E-state index >= 15 is 0 Å². The third-order valence-corrected chi connectivity index (χ3v) is 1.79. The van der Waals surface area contributed by atoms with Crippen molar-refractivity contribution in [2.24, 2.45) is 0 Å². The summed E-state index contributed by atoms with van der Waals surface area (Å²) in [6.45, 7) is 0. The van der Waals surface area contributed by atoms with Gasteiger partial charge in [-0.05, 0) is 24.3 Å². The third kappa shape index (κ3) is 3.34. The van der Waals surface area contributed by atoms with E-state index in [2.05, 4.69) is 0 Å². The van der Waals surface area contributed by atoms with Crippen LogP contribution in [-0.4, -0.2) is 24.5 Å². The maximum atomic E-state index is 11.8. The van der Waals surface area contributed by atoms with Crippen LogP contribution >= 0.6 is 0 Å². The zero-order chi connectivity index (χ0) is 12.3. The van der Waals surface area contributed by atoms with Gasteiger partial charge < -0.3 is 5.11 Å². The van der Waals surface area contributed by atoms with Crippen LogP contribution in [0.3, 0.4) is 0 Å². The summed E-state index contributed by atoms with van der Waals surface area (Å²) in [5.74, 6) is -0.0339. The van der Waals surface area contributed by atoms with E-state index in [1.165, 1.54) is 31.3 Å². The second kappa shape index (κ2) is 4.30. The molecule has 2 amide bonds. The molecule has 1 aromatic rings. The predicted octanol–water partition coefficient (Wildman–Crippen LogP) is 2.06. The molecular weight excluding hydrogens is 225 g/mol. The van der Waals surface area contributed by atoms with Gasteiger partial charge in [0.15, 0.2) is 0 Å². The van der Waals surface area contributed by atoms with Gasteiger partial charge in [-0.1, -0.05) is 0 Å². The van der Waals surface area contributed by atoms with Gasteiger partial charge in [-0.25, -0.2) is 10.1 Å². The third-order valence-electron chi connectivity index (χ3n) is 1.79. The quantitative estimate of drug-likeness (QED) is 0.731. The van der Waals surface area contributed by atoms with Crippen LogP contribution in [0.5, 0.6) is 5.75 Å². The van der Waals surface area contributed by atoms with E-state index < -0.39 is 12.3 Å². The number of alkyl halides is 3. The van der Waals surface area contributed by atoms with E-state index in [0.29, 0.717) is 0 Å². The Labute approximate surface area is 89.3 Å². The molecule has 1 rings (SSSR count). The Morgan fingerprint density at radius 1 is 1.31 bits per heavy atom. The molecule has 0 saturated carbocycles. The first kappa shape index (κ1) is 12.2. The van der Waals surface area contributed by atoms with Crippen molar-refractivity contribution in [2.75, 3.05) is 11.9 Å². The van der Waals surface area contributed by atoms with Crippen molar-refractivity contribution in [3.05, 3.63) is 24.3 Å². The van der Waals surface area contributed by atoms with Crippen LogP contribution in [0.25, 0.3) is 0 Å². The van der Waals surface area contributed by atoms with Crippen LogP contribution < -0.4 is 10.2 Å². The predicted molar refractivity (Wildman–Crippen MR) is 51.1 cm³/mol. The topological polar surface area (TPSA) is 52.6 Å². The van der Waals surface area contributed by atoms with Gasteiger partial charge in [-0.3, -0.25) is 4.90 Å². The Hall–Kier alpha value is -1.92. The van der Waals surface area contributed by atoms with E-state index in [1.54, 1.807) is 0 Å². The first-order valence-electron chi connectivity index (χ1n) is 4.21. The molecule has 0 fully saturated rings. The molecule has 7 heteroatoms. The van der Waals surface area contributed by atoms with Gasteiger partial charge in [0.1, 0.15) is 5.75 Å². The van der Waals surface area contributed by atoms with Crippen LogP contribution in [0.2, 0.25) is 0 Å². The maximum Gasteiger partial charge on any atom is 0.485 e. The van der Waals surface area contributed by atoms with E-state index in [9.17, 15) is 18.0 Å². The molecule has 0 aliphatic rings. The lowest BCUT2D eigenvalue weighted by molar-refractivity contribution is -0.145. The fourth-order valence-corrected chi connectivity index (χ4v) is 0.999. The van der Waals surface area contributed by atoms with Crippen LogP contribution in [-0.2, 0) is 0 Å². The molecule has 0 spiro atoms. The minimum Gasteiger partial charge on any atom is -0.508 e. The highest BCUT2D eigenvalue weighted by Crippen LogP contribution is 2.18. The number of anilines is 1. The van der Waals surface area contributed by atoms with Crippen molar-refractivity contribution in [3.63, 3.8) is 0 Å². The van der Waals surface area contributed by atoms with Crippen molar-refractivity contribution in [1.29, 1.82) is 0 Å². The van der Waals surface area contributed by atoms with Crippen LogP contribution in [0.1, 0.15) is 0 Å². The summed E-state index contributed by atoms with van der Waals surface area (Å²) in [4.78, 5) is 11.9. The molecule has 0 aliphatic heterocycles. The number of halogens is 3. The first-order valence-corrected chi connectivity index (χ1v) is 4.21.